The lowest BCUT2D eigenvalue weighted by molar-refractivity contribution is 0.0448. The second-order valence-electron chi connectivity index (χ2n) is 5.73. The van der Waals surface area contributed by atoms with E-state index < -0.39 is 11.5 Å². The highest BCUT2D eigenvalue weighted by Gasteiger charge is 2.42. The number of carbonyl (C=O) groups excluding carboxylic acids is 1. The molecule has 3 N–H and O–H groups in total. The number of aromatic hydroxyl groups is 1. The van der Waals surface area contributed by atoms with Crippen LogP contribution in [0.4, 0.5) is 0 Å². The number of rotatable bonds is 2. The van der Waals surface area contributed by atoms with Gasteiger partial charge in [0.05, 0.1) is 12.2 Å². The summed E-state index contributed by atoms with van der Waals surface area (Å²) in [6.07, 6.45) is 3.24. The summed E-state index contributed by atoms with van der Waals surface area (Å²) in [5, 5.41) is 22.1. The molecule has 0 radical (unpaired) electrons. The largest absolute Gasteiger partial charge is 0.508 e. The van der Waals surface area contributed by atoms with Gasteiger partial charge >= 0.3 is 5.63 Å². The van der Waals surface area contributed by atoms with Gasteiger partial charge in [-0.25, -0.2) is 4.79 Å². The molecule has 2 bridgehead atoms. The van der Waals surface area contributed by atoms with Gasteiger partial charge in [0.2, 0.25) is 0 Å². The molecule has 1 heterocycles. The summed E-state index contributed by atoms with van der Waals surface area (Å²) < 4.78 is 4.77. The van der Waals surface area contributed by atoms with Gasteiger partial charge < -0.3 is 19.9 Å². The molecule has 6 heteroatoms. The third-order valence-corrected chi connectivity index (χ3v) is 4.36. The van der Waals surface area contributed by atoms with Crippen LogP contribution in [0.15, 0.2) is 21.3 Å². The molecule has 3 rings (SSSR count). The fraction of sp³-hybridized carbons (Fsp3) is 0.571. The predicted octanol–water partition coefficient (Wildman–Crippen LogP) is 0.625. The Hall–Kier alpha value is -1.82. The number of nitrogens with one attached hydrogen (secondary N) is 1. The van der Waals surface area contributed by atoms with Crippen LogP contribution in [-0.4, -0.2) is 28.3 Å². The second-order valence-corrected chi connectivity index (χ2v) is 5.73. The van der Waals surface area contributed by atoms with E-state index in [2.05, 4.69) is 5.32 Å². The molecule has 0 aliphatic heterocycles. The zero-order valence-corrected chi connectivity index (χ0v) is 10.9. The molecular weight excluding hydrogens is 262 g/mol. The third kappa shape index (κ3) is 2.43. The van der Waals surface area contributed by atoms with Gasteiger partial charge in [0.15, 0.2) is 5.76 Å². The number of aliphatic hydroxyl groups excluding tert-OH is 1. The Morgan fingerprint density at radius 2 is 1.90 bits per heavy atom. The monoisotopic (exact) mass is 279 g/mol. The molecule has 108 valence electrons. The van der Waals surface area contributed by atoms with E-state index in [1.54, 1.807) is 0 Å². The first-order valence-corrected chi connectivity index (χ1v) is 6.86. The SMILES string of the molecule is O=C(NC1C[C@H]2CC[C@@H](C1)C2O)c1cc(O)cc(=O)o1. The highest BCUT2D eigenvalue weighted by atomic mass is 16.4. The maximum absolute atomic E-state index is 12.0. The maximum atomic E-state index is 12.0. The summed E-state index contributed by atoms with van der Waals surface area (Å²) in [6, 6.07) is 2.02. The molecule has 1 aromatic rings. The smallest absolute Gasteiger partial charge is 0.340 e. The molecule has 2 aliphatic rings. The molecule has 0 aromatic carbocycles. The Balaban J connectivity index is 1.69. The quantitative estimate of drug-likeness (QED) is 0.737. The molecule has 20 heavy (non-hydrogen) atoms. The standard InChI is InChI=1S/C14H17NO5/c16-10-5-11(20-12(17)6-10)14(19)15-9-3-7-1-2-8(4-9)13(7)18/h5-9,13,16,18H,1-4H2,(H,15,19)/t7-,8+,9?,13?. The van der Waals surface area contributed by atoms with Crippen molar-refractivity contribution >= 4 is 5.91 Å². The molecule has 2 unspecified atom stereocenters. The van der Waals surface area contributed by atoms with Gasteiger partial charge in [-0.3, -0.25) is 4.79 Å². The Kier molecular flexibility index (Phi) is 3.25. The Bertz CT molecular complexity index is 567. The van der Waals surface area contributed by atoms with E-state index >= 15 is 0 Å². The highest BCUT2D eigenvalue weighted by Crippen LogP contribution is 2.42. The minimum absolute atomic E-state index is 0.0175. The van der Waals surface area contributed by atoms with Gasteiger partial charge in [-0.15, -0.1) is 0 Å². The van der Waals surface area contributed by atoms with Crippen molar-refractivity contribution in [3.05, 3.63) is 28.3 Å². The van der Waals surface area contributed by atoms with Crippen LogP contribution in [0.3, 0.4) is 0 Å². The molecule has 1 aromatic heterocycles. The third-order valence-electron chi connectivity index (χ3n) is 4.36. The van der Waals surface area contributed by atoms with Gasteiger partial charge in [0.25, 0.3) is 5.91 Å². The van der Waals surface area contributed by atoms with Crippen LogP contribution >= 0.6 is 0 Å². The van der Waals surface area contributed by atoms with Gasteiger partial charge in [-0.2, -0.15) is 0 Å². The Labute approximate surface area is 115 Å². The van der Waals surface area contributed by atoms with Crippen LogP contribution in [-0.2, 0) is 0 Å². The second kappa shape index (κ2) is 4.94. The average Bonchev–Trinajstić information content (AvgIpc) is 2.61. The van der Waals surface area contributed by atoms with E-state index in [0.29, 0.717) is 0 Å². The molecule has 6 nitrogen and oxygen atoms in total. The number of carbonyl (C=O) groups is 1. The first kappa shape index (κ1) is 13.2. The summed E-state index contributed by atoms with van der Waals surface area (Å²) in [6.45, 7) is 0. The van der Waals surface area contributed by atoms with Crippen molar-refractivity contribution in [3.63, 3.8) is 0 Å². The first-order valence-electron chi connectivity index (χ1n) is 6.86. The summed E-state index contributed by atoms with van der Waals surface area (Å²) >= 11 is 0. The van der Waals surface area contributed by atoms with E-state index in [-0.39, 0.29) is 35.5 Å². The minimum atomic E-state index is -0.755. The normalized spacial score (nSPS) is 32.0. The molecule has 2 saturated carbocycles. The molecule has 0 spiro atoms. The van der Waals surface area contributed by atoms with Crippen molar-refractivity contribution in [2.24, 2.45) is 11.8 Å². The molecule has 4 atom stereocenters. The molecule has 2 fully saturated rings. The van der Waals surface area contributed by atoms with Crippen LogP contribution < -0.4 is 10.9 Å². The maximum Gasteiger partial charge on any atom is 0.340 e. The average molecular weight is 279 g/mol. The van der Waals surface area contributed by atoms with Gasteiger partial charge in [-0.1, -0.05) is 0 Å². The van der Waals surface area contributed by atoms with Crippen LogP contribution in [0, 0.1) is 11.8 Å². The molecule has 0 saturated heterocycles. The van der Waals surface area contributed by atoms with Crippen molar-refractivity contribution < 1.29 is 19.4 Å². The number of fused-ring (bicyclic) bond motifs is 2. The fourth-order valence-corrected chi connectivity index (χ4v) is 3.45. The predicted molar refractivity (Wildman–Crippen MR) is 69.4 cm³/mol. The lowest BCUT2D eigenvalue weighted by atomic mass is 9.83. The van der Waals surface area contributed by atoms with Gasteiger partial charge in [0.1, 0.15) is 5.75 Å². The van der Waals surface area contributed by atoms with E-state index in [4.69, 9.17) is 4.42 Å². The minimum Gasteiger partial charge on any atom is -0.508 e. The Morgan fingerprint density at radius 3 is 2.50 bits per heavy atom. The molecule has 1 amide bonds. The van der Waals surface area contributed by atoms with E-state index in [1.807, 2.05) is 0 Å². The topological polar surface area (TPSA) is 99.8 Å². The van der Waals surface area contributed by atoms with E-state index in [9.17, 15) is 19.8 Å². The molecular formula is C14H17NO5. The first-order chi connectivity index (χ1) is 9.52. The number of hydrogen-bond donors (Lipinski definition) is 3. The number of aliphatic hydroxyl groups is 1. The van der Waals surface area contributed by atoms with Crippen LogP contribution in [0.5, 0.6) is 5.75 Å². The zero-order valence-electron chi connectivity index (χ0n) is 10.9. The summed E-state index contributed by atoms with van der Waals surface area (Å²) in [5.41, 5.74) is -0.755. The Morgan fingerprint density at radius 1 is 1.25 bits per heavy atom. The van der Waals surface area contributed by atoms with Crippen LogP contribution in [0.1, 0.15) is 36.2 Å². The number of hydrogen-bond acceptors (Lipinski definition) is 5. The fourth-order valence-electron chi connectivity index (χ4n) is 3.45. The lowest BCUT2D eigenvalue weighted by Gasteiger charge is -2.32. The van der Waals surface area contributed by atoms with Crippen molar-refractivity contribution in [2.45, 2.75) is 37.8 Å². The summed E-state index contributed by atoms with van der Waals surface area (Å²) in [7, 11) is 0. The van der Waals surface area contributed by atoms with Gasteiger partial charge in [-0.05, 0) is 37.5 Å². The van der Waals surface area contributed by atoms with Gasteiger partial charge in [0, 0.05) is 12.1 Å². The van der Waals surface area contributed by atoms with Crippen molar-refractivity contribution in [1.29, 1.82) is 0 Å². The van der Waals surface area contributed by atoms with Crippen molar-refractivity contribution in [2.75, 3.05) is 0 Å². The lowest BCUT2D eigenvalue weighted by Crippen LogP contribution is -2.43. The summed E-state index contributed by atoms with van der Waals surface area (Å²) in [5.74, 6) is -0.483. The van der Waals surface area contributed by atoms with Crippen molar-refractivity contribution in [3.8, 4) is 5.75 Å². The van der Waals surface area contributed by atoms with E-state index in [0.717, 1.165) is 37.8 Å². The zero-order chi connectivity index (χ0) is 14.3. The molecule has 2 aliphatic carbocycles. The van der Waals surface area contributed by atoms with E-state index in [1.165, 1.54) is 0 Å². The summed E-state index contributed by atoms with van der Waals surface area (Å²) in [4.78, 5) is 23.1. The van der Waals surface area contributed by atoms with Crippen LogP contribution in [0.25, 0.3) is 0 Å². The van der Waals surface area contributed by atoms with Crippen molar-refractivity contribution in [1.82, 2.24) is 5.32 Å². The van der Waals surface area contributed by atoms with Crippen LogP contribution in [0.2, 0.25) is 0 Å². The highest BCUT2D eigenvalue weighted by molar-refractivity contribution is 5.91. The number of amides is 1.